The number of hydrogen-bond donors (Lipinski definition) is 0. The summed E-state index contributed by atoms with van der Waals surface area (Å²) in [5, 5.41) is 7.02. The SMILES string of the molecule is c1ccc(-c2nc(-c3cccc(-c4ccc5c(c4)-c4cccc6cccc-5c46)c3)nc(-c3cccc4c(-c5cccc6oc7ccccc7c56)cccc34)n2)cc1. The molecule has 0 amide bonds. The van der Waals surface area contributed by atoms with Crippen LogP contribution in [0.2, 0.25) is 0 Å². The molecular formula is C53H31N3O. The van der Waals surface area contributed by atoms with E-state index >= 15 is 0 Å². The number of furan rings is 1. The summed E-state index contributed by atoms with van der Waals surface area (Å²) in [6.45, 7) is 0. The fourth-order valence-electron chi connectivity index (χ4n) is 8.89. The molecule has 4 nitrogen and oxygen atoms in total. The molecule has 4 heteroatoms. The van der Waals surface area contributed by atoms with Gasteiger partial charge in [0.05, 0.1) is 0 Å². The number of aromatic nitrogens is 3. The average molecular weight is 726 g/mol. The third-order valence-corrected chi connectivity index (χ3v) is 11.5. The van der Waals surface area contributed by atoms with Gasteiger partial charge in [-0.2, -0.15) is 0 Å². The molecule has 0 unspecified atom stereocenters. The Labute approximate surface area is 328 Å². The molecule has 0 radical (unpaired) electrons. The van der Waals surface area contributed by atoms with Crippen LogP contribution < -0.4 is 0 Å². The van der Waals surface area contributed by atoms with Gasteiger partial charge in [-0.3, -0.25) is 0 Å². The van der Waals surface area contributed by atoms with E-state index in [2.05, 4.69) is 152 Å². The second-order valence-corrected chi connectivity index (χ2v) is 14.7. The third-order valence-electron chi connectivity index (χ3n) is 11.5. The topological polar surface area (TPSA) is 51.8 Å². The highest BCUT2D eigenvalue weighted by Gasteiger charge is 2.22. The third kappa shape index (κ3) is 4.98. The maximum atomic E-state index is 6.28. The monoisotopic (exact) mass is 725 g/mol. The second kappa shape index (κ2) is 12.4. The molecule has 2 aromatic heterocycles. The Morgan fingerprint density at radius 3 is 1.67 bits per heavy atom. The molecule has 9 aromatic carbocycles. The van der Waals surface area contributed by atoms with Gasteiger partial charge in [-0.1, -0.05) is 164 Å². The summed E-state index contributed by atoms with van der Waals surface area (Å²) in [7, 11) is 0. The Hall–Kier alpha value is -7.69. The molecule has 264 valence electrons. The quantitative estimate of drug-likeness (QED) is 0.177. The average Bonchev–Trinajstić information content (AvgIpc) is 3.83. The van der Waals surface area contributed by atoms with Crippen molar-refractivity contribution in [2.45, 2.75) is 0 Å². The normalized spacial score (nSPS) is 11.9. The lowest BCUT2D eigenvalue weighted by Crippen LogP contribution is -2.00. The lowest BCUT2D eigenvalue weighted by Gasteiger charge is -2.13. The van der Waals surface area contributed by atoms with Crippen LogP contribution in [0.1, 0.15) is 0 Å². The van der Waals surface area contributed by atoms with Crippen LogP contribution >= 0.6 is 0 Å². The Morgan fingerprint density at radius 2 is 0.825 bits per heavy atom. The number of hydrogen-bond acceptors (Lipinski definition) is 4. The summed E-state index contributed by atoms with van der Waals surface area (Å²) < 4.78 is 6.28. The first-order valence-electron chi connectivity index (χ1n) is 19.3. The van der Waals surface area contributed by atoms with Crippen molar-refractivity contribution in [2.75, 3.05) is 0 Å². The van der Waals surface area contributed by atoms with Crippen LogP contribution in [-0.2, 0) is 0 Å². The van der Waals surface area contributed by atoms with Crippen LogP contribution in [0.4, 0.5) is 0 Å². The largest absolute Gasteiger partial charge is 0.456 e. The zero-order valence-corrected chi connectivity index (χ0v) is 30.6. The Balaban J connectivity index is 1.01. The molecular weight excluding hydrogens is 695 g/mol. The lowest BCUT2D eigenvalue weighted by atomic mass is 9.93. The highest BCUT2D eigenvalue weighted by molar-refractivity contribution is 6.17. The minimum absolute atomic E-state index is 0.627. The number of rotatable bonds is 5. The second-order valence-electron chi connectivity index (χ2n) is 14.7. The van der Waals surface area contributed by atoms with E-state index < -0.39 is 0 Å². The first-order chi connectivity index (χ1) is 28.2. The van der Waals surface area contributed by atoms with Crippen molar-refractivity contribution in [1.29, 1.82) is 0 Å². The molecule has 0 saturated carbocycles. The van der Waals surface area contributed by atoms with Crippen LogP contribution in [0.3, 0.4) is 0 Å². The van der Waals surface area contributed by atoms with Crippen LogP contribution in [0.25, 0.3) is 122 Å². The summed E-state index contributed by atoms with van der Waals surface area (Å²) in [5.74, 6) is 1.89. The summed E-state index contributed by atoms with van der Waals surface area (Å²) >= 11 is 0. The van der Waals surface area contributed by atoms with Gasteiger partial charge in [-0.15, -0.1) is 0 Å². The summed E-state index contributed by atoms with van der Waals surface area (Å²) in [6, 6.07) is 66.2. The molecule has 0 aliphatic heterocycles. The van der Waals surface area contributed by atoms with Gasteiger partial charge >= 0.3 is 0 Å². The van der Waals surface area contributed by atoms with Gasteiger partial charge in [0.25, 0.3) is 0 Å². The van der Waals surface area contributed by atoms with Crippen molar-refractivity contribution in [3.05, 3.63) is 188 Å². The molecule has 0 fully saturated rings. The number of nitrogens with zero attached hydrogens (tertiary/aromatic N) is 3. The highest BCUT2D eigenvalue weighted by atomic mass is 16.3. The van der Waals surface area contributed by atoms with Crippen molar-refractivity contribution in [3.8, 4) is 78.7 Å². The van der Waals surface area contributed by atoms with Gasteiger partial charge in [0.2, 0.25) is 0 Å². The van der Waals surface area contributed by atoms with Gasteiger partial charge in [0.1, 0.15) is 11.2 Å². The molecule has 1 aliphatic carbocycles. The Bertz CT molecular complexity index is 3410. The molecule has 0 spiro atoms. The Kier molecular flexibility index (Phi) is 6.89. The number of fused-ring (bicyclic) bond motifs is 7. The van der Waals surface area contributed by atoms with Crippen LogP contribution in [0.15, 0.2) is 192 Å². The van der Waals surface area contributed by atoms with Crippen molar-refractivity contribution in [2.24, 2.45) is 0 Å². The molecule has 0 saturated heterocycles. The van der Waals surface area contributed by atoms with E-state index in [1.54, 1.807) is 0 Å². The molecule has 2 heterocycles. The maximum absolute atomic E-state index is 6.28. The van der Waals surface area contributed by atoms with E-state index in [9.17, 15) is 0 Å². The lowest BCUT2D eigenvalue weighted by molar-refractivity contribution is 0.669. The van der Waals surface area contributed by atoms with Crippen LogP contribution in [0.5, 0.6) is 0 Å². The van der Waals surface area contributed by atoms with Gasteiger partial charge in [0.15, 0.2) is 17.5 Å². The van der Waals surface area contributed by atoms with Crippen molar-refractivity contribution in [1.82, 2.24) is 15.0 Å². The number of benzene rings is 9. The van der Waals surface area contributed by atoms with E-state index in [0.717, 1.165) is 71.7 Å². The smallest absolute Gasteiger partial charge is 0.164 e. The Morgan fingerprint density at radius 1 is 0.281 bits per heavy atom. The van der Waals surface area contributed by atoms with Gasteiger partial charge < -0.3 is 4.42 Å². The molecule has 11 aromatic rings. The molecule has 57 heavy (non-hydrogen) atoms. The standard InChI is InChI=1S/C53H31N3O/c1-2-12-33(13-3-1)51-54-52(36-17-6-16-34(30-36)35-28-29-40-41-22-7-14-32-15-8-23-43(49(32)41)46(40)31-35)56-53(55-51)44-25-10-19-37-38(20-9-21-39(37)44)42-24-11-27-48-50(42)45-18-4-5-26-47(45)57-48/h1-31H. The number of para-hydroxylation sites is 1. The first kappa shape index (κ1) is 31.6. The molecule has 0 atom stereocenters. The predicted octanol–water partition coefficient (Wildman–Crippen LogP) is 14.1. The van der Waals surface area contributed by atoms with E-state index in [0.29, 0.717) is 17.5 Å². The molecule has 1 aliphatic rings. The fraction of sp³-hybridized carbons (Fsp3) is 0. The molecule has 0 bridgehead atoms. The van der Waals surface area contributed by atoms with E-state index in [1.165, 1.54) is 33.0 Å². The van der Waals surface area contributed by atoms with Gasteiger partial charge in [-0.25, -0.2) is 15.0 Å². The van der Waals surface area contributed by atoms with Crippen molar-refractivity contribution >= 4 is 43.5 Å². The van der Waals surface area contributed by atoms with Crippen LogP contribution in [0, 0.1) is 0 Å². The summed E-state index contributed by atoms with van der Waals surface area (Å²) in [5.41, 5.74) is 14.2. The molecule has 0 N–H and O–H groups in total. The zero-order chi connectivity index (χ0) is 37.5. The predicted molar refractivity (Wildman–Crippen MR) is 234 cm³/mol. The minimum Gasteiger partial charge on any atom is -0.456 e. The van der Waals surface area contributed by atoms with Gasteiger partial charge in [0, 0.05) is 27.5 Å². The first-order valence-corrected chi connectivity index (χ1v) is 19.3. The van der Waals surface area contributed by atoms with Crippen molar-refractivity contribution in [3.63, 3.8) is 0 Å². The summed E-state index contributed by atoms with van der Waals surface area (Å²) in [6.07, 6.45) is 0. The van der Waals surface area contributed by atoms with Crippen LogP contribution in [-0.4, -0.2) is 15.0 Å². The molecule has 12 rings (SSSR count). The van der Waals surface area contributed by atoms with E-state index in [-0.39, 0.29) is 0 Å². The van der Waals surface area contributed by atoms with Crippen molar-refractivity contribution < 1.29 is 4.42 Å². The minimum atomic E-state index is 0.627. The van der Waals surface area contributed by atoms with E-state index in [1.807, 2.05) is 36.4 Å². The zero-order valence-electron chi connectivity index (χ0n) is 30.6. The van der Waals surface area contributed by atoms with E-state index in [4.69, 9.17) is 19.4 Å². The maximum Gasteiger partial charge on any atom is 0.164 e. The highest BCUT2D eigenvalue weighted by Crippen LogP contribution is 2.48. The van der Waals surface area contributed by atoms with Gasteiger partial charge in [-0.05, 0) is 90.3 Å². The fourth-order valence-corrected chi connectivity index (χ4v) is 8.89. The summed E-state index contributed by atoms with van der Waals surface area (Å²) in [4.78, 5) is 15.5.